The SMILES string of the molecule is CCC1CC(CS(=O)(=O)c2ccccc2)C(O)C1O. The van der Waals surface area contributed by atoms with Crippen molar-refractivity contribution in [2.24, 2.45) is 11.8 Å². The van der Waals surface area contributed by atoms with E-state index in [2.05, 4.69) is 0 Å². The molecule has 0 bridgehead atoms. The molecule has 106 valence electrons. The Labute approximate surface area is 114 Å². The number of sulfone groups is 1. The van der Waals surface area contributed by atoms with Gasteiger partial charge in [0.15, 0.2) is 9.84 Å². The van der Waals surface area contributed by atoms with Gasteiger partial charge in [0.25, 0.3) is 0 Å². The molecule has 1 aromatic rings. The zero-order valence-corrected chi connectivity index (χ0v) is 11.8. The third kappa shape index (κ3) is 2.99. The molecule has 4 unspecified atom stereocenters. The second-order valence-corrected chi connectivity index (χ2v) is 7.27. The Balaban J connectivity index is 2.14. The van der Waals surface area contributed by atoms with Crippen LogP contribution in [0.25, 0.3) is 0 Å². The molecule has 1 saturated carbocycles. The summed E-state index contributed by atoms with van der Waals surface area (Å²) in [6.07, 6.45) is -0.435. The van der Waals surface area contributed by atoms with E-state index in [1.165, 1.54) is 0 Å². The van der Waals surface area contributed by atoms with E-state index < -0.39 is 22.0 Å². The van der Waals surface area contributed by atoms with Crippen LogP contribution in [0.1, 0.15) is 19.8 Å². The number of rotatable bonds is 4. The minimum absolute atomic E-state index is 0.00836. The van der Waals surface area contributed by atoms with Gasteiger partial charge in [0, 0.05) is 5.92 Å². The average Bonchev–Trinajstić information content (AvgIpc) is 2.67. The quantitative estimate of drug-likeness (QED) is 0.872. The Hall–Kier alpha value is -0.910. The summed E-state index contributed by atoms with van der Waals surface area (Å²) >= 11 is 0. The van der Waals surface area contributed by atoms with Gasteiger partial charge in [0.05, 0.1) is 22.9 Å². The van der Waals surface area contributed by atoms with Gasteiger partial charge < -0.3 is 10.2 Å². The van der Waals surface area contributed by atoms with E-state index in [0.717, 1.165) is 6.42 Å². The lowest BCUT2D eigenvalue weighted by molar-refractivity contribution is 0.00670. The maximum atomic E-state index is 12.2. The van der Waals surface area contributed by atoms with Crippen LogP contribution >= 0.6 is 0 Å². The van der Waals surface area contributed by atoms with Gasteiger partial charge in [0.1, 0.15) is 0 Å². The fraction of sp³-hybridized carbons (Fsp3) is 0.571. The highest BCUT2D eigenvalue weighted by Crippen LogP contribution is 2.35. The fourth-order valence-corrected chi connectivity index (χ4v) is 4.47. The molecule has 0 heterocycles. The van der Waals surface area contributed by atoms with Crippen molar-refractivity contribution in [1.82, 2.24) is 0 Å². The van der Waals surface area contributed by atoms with Crippen LogP contribution in [0, 0.1) is 11.8 Å². The molecule has 0 spiro atoms. The van der Waals surface area contributed by atoms with Gasteiger partial charge >= 0.3 is 0 Å². The summed E-state index contributed by atoms with van der Waals surface area (Å²) in [6.45, 7) is 1.94. The molecule has 0 saturated heterocycles. The van der Waals surface area contributed by atoms with E-state index in [-0.39, 0.29) is 22.5 Å². The van der Waals surface area contributed by atoms with Gasteiger partial charge in [-0.05, 0) is 24.5 Å². The molecule has 0 aliphatic heterocycles. The summed E-state index contributed by atoms with van der Waals surface area (Å²) in [4.78, 5) is 0.275. The monoisotopic (exact) mass is 284 g/mol. The Morgan fingerprint density at radius 1 is 1.11 bits per heavy atom. The predicted octanol–water partition coefficient (Wildman–Crippen LogP) is 1.23. The Kier molecular flexibility index (Phi) is 4.28. The van der Waals surface area contributed by atoms with Gasteiger partial charge in [-0.15, -0.1) is 0 Å². The summed E-state index contributed by atoms with van der Waals surface area (Å²) < 4.78 is 24.5. The molecular weight excluding hydrogens is 264 g/mol. The largest absolute Gasteiger partial charge is 0.390 e. The lowest BCUT2D eigenvalue weighted by Gasteiger charge is -2.16. The summed E-state index contributed by atoms with van der Waals surface area (Å²) in [5.74, 6) is -0.498. The van der Waals surface area contributed by atoms with Crippen LogP contribution < -0.4 is 0 Å². The molecule has 2 rings (SSSR count). The zero-order chi connectivity index (χ0) is 14.0. The normalized spacial score (nSPS) is 31.5. The third-order valence-corrected chi connectivity index (χ3v) is 5.84. The molecule has 1 fully saturated rings. The van der Waals surface area contributed by atoms with Crippen LogP contribution in [0.3, 0.4) is 0 Å². The molecule has 1 aliphatic carbocycles. The van der Waals surface area contributed by atoms with Crippen molar-refractivity contribution in [2.45, 2.75) is 36.9 Å². The first-order valence-corrected chi connectivity index (χ1v) is 8.25. The summed E-state index contributed by atoms with van der Waals surface area (Å²) in [5, 5.41) is 19.8. The lowest BCUT2D eigenvalue weighted by atomic mass is 10.0. The molecule has 0 radical (unpaired) electrons. The van der Waals surface area contributed by atoms with E-state index in [4.69, 9.17) is 0 Å². The maximum Gasteiger partial charge on any atom is 0.178 e. The number of hydrogen-bond acceptors (Lipinski definition) is 4. The maximum absolute atomic E-state index is 12.2. The van der Waals surface area contributed by atoms with Gasteiger partial charge in [-0.25, -0.2) is 8.42 Å². The number of aliphatic hydroxyl groups is 2. The number of benzene rings is 1. The van der Waals surface area contributed by atoms with Gasteiger partial charge in [-0.3, -0.25) is 0 Å². The molecule has 0 amide bonds. The molecular formula is C14H20O4S. The van der Waals surface area contributed by atoms with Crippen LogP contribution in [0.15, 0.2) is 35.2 Å². The highest BCUT2D eigenvalue weighted by Gasteiger charge is 2.42. The highest BCUT2D eigenvalue weighted by atomic mass is 32.2. The van der Waals surface area contributed by atoms with Crippen molar-refractivity contribution >= 4 is 9.84 Å². The molecule has 4 atom stereocenters. The summed E-state index contributed by atoms with van der Waals surface area (Å²) in [7, 11) is -3.40. The highest BCUT2D eigenvalue weighted by molar-refractivity contribution is 7.91. The molecule has 4 nitrogen and oxygen atoms in total. The Bertz CT molecular complexity index is 512. The number of hydrogen-bond donors (Lipinski definition) is 2. The van der Waals surface area contributed by atoms with Crippen LogP contribution in [-0.4, -0.2) is 36.6 Å². The molecule has 1 aliphatic rings. The van der Waals surface area contributed by atoms with Gasteiger partial charge in [-0.2, -0.15) is 0 Å². The van der Waals surface area contributed by atoms with E-state index in [9.17, 15) is 18.6 Å². The van der Waals surface area contributed by atoms with Crippen molar-refractivity contribution in [2.75, 3.05) is 5.75 Å². The second kappa shape index (κ2) is 5.61. The molecule has 2 N–H and O–H groups in total. The summed E-state index contributed by atoms with van der Waals surface area (Å²) in [5.41, 5.74) is 0. The molecule has 0 aromatic heterocycles. The fourth-order valence-electron chi connectivity index (χ4n) is 2.81. The first-order valence-electron chi connectivity index (χ1n) is 6.59. The van der Waals surface area contributed by atoms with Gasteiger partial charge in [-0.1, -0.05) is 31.5 Å². The van der Waals surface area contributed by atoms with E-state index in [1.54, 1.807) is 30.3 Å². The Morgan fingerprint density at radius 3 is 2.21 bits per heavy atom. The minimum Gasteiger partial charge on any atom is -0.390 e. The summed E-state index contributed by atoms with van der Waals surface area (Å²) in [6, 6.07) is 8.25. The smallest absolute Gasteiger partial charge is 0.178 e. The molecule has 5 heteroatoms. The third-order valence-electron chi connectivity index (χ3n) is 3.98. The van der Waals surface area contributed by atoms with E-state index >= 15 is 0 Å². The van der Waals surface area contributed by atoms with Crippen LogP contribution in [0.5, 0.6) is 0 Å². The number of aliphatic hydroxyl groups excluding tert-OH is 2. The van der Waals surface area contributed by atoms with Crippen molar-refractivity contribution in [3.63, 3.8) is 0 Å². The van der Waals surface area contributed by atoms with Crippen LogP contribution in [0.4, 0.5) is 0 Å². The van der Waals surface area contributed by atoms with E-state index in [0.29, 0.717) is 6.42 Å². The standard InChI is InChI=1S/C14H20O4S/c1-2-10-8-11(14(16)13(10)15)9-19(17,18)12-6-4-3-5-7-12/h3-7,10-11,13-16H,2,8-9H2,1H3. The van der Waals surface area contributed by atoms with Crippen molar-refractivity contribution < 1.29 is 18.6 Å². The first-order chi connectivity index (χ1) is 8.95. The van der Waals surface area contributed by atoms with Gasteiger partial charge in [0.2, 0.25) is 0 Å². The van der Waals surface area contributed by atoms with Crippen molar-refractivity contribution in [3.05, 3.63) is 30.3 Å². The molecule has 19 heavy (non-hydrogen) atoms. The van der Waals surface area contributed by atoms with Crippen molar-refractivity contribution in [1.29, 1.82) is 0 Å². The second-order valence-electron chi connectivity index (χ2n) is 5.24. The van der Waals surface area contributed by atoms with Crippen LogP contribution in [-0.2, 0) is 9.84 Å². The molecule has 1 aromatic carbocycles. The van der Waals surface area contributed by atoms with Crippen LogP contribution in [0.2, 0.25) is 0 Å². The average molecular weight is 284 g/mol. The topological polar surface area (TPSA) is 74.6 Å². The first kappa shape index (κ1) is 14.5. The lowest BCUT2D eigenvalue weighted by Crippen LogP contribution is -2.31. The predicted molar refractivity (Wildman–Crippen MR) is 72.4 cm³/mol. The van der Waals surface area contributed by atoms with Crippen molar-refractivity contribution in [3.8, 4) is 0 Å². The minimum atomic E-state index is -3.40. The zero-order valence-electron chi connectivity index (χ0n) is 10.9. The Morgan fingerprint density at radius 2 is 1.68 bits per heavy atom. The van der Waals surface area contributed by atoms with E-state index in [1.807, 2.05) is 6.92 Å².